The summed E-state index contributed by atoms with van der Waals surface area (Å²) in [4.78, 5) is 14.5. The third kappa shape index (κ3) is 4.17. The van der Waals surface area contributed by atoms with Gasteiger partial charge in [0.05, 0.1) is 19.7 Å². The maximum Gasteiger partial charge on any atom is 0.319 e. The first-order chi connectivity index (χ1) is 14.1. The Morgan fingerprint density at radius 1 is 1.07 bits per heavy atom. The molecule has 4 nitrogen and oxygen atoms in total. The molecule has 0 saturated heterocycles. The maximum atomic E-state index is 12.3. The number of esters is 1. The number of anilines is 1. The normalized spacial score (nSPS) is 18.6. The van der Waals surface area contributed by atoms with Crippen LogP contribution in [0.4, 0.5) is 5.69 Å². The summed E-state index contributed by atoms with van der Waals surface area (Å²) in [7, 11) is 1.42. The van der Waals surface area contributed by atoms with E-state index in [1.807, 2.05) is 48.5 Å². The molecule has 29 heavy (non-hydrogen) atoms. The van der Waals surface area contributed by atoms with E-state index in [1.165, 1.54) is 7.11 Å². The van der Waals surface area contributed by atoms with Gasteiger partial charge in [-0.25, -0.2) is 0 Å². The number of hydrogen-bond donors (Lipinski definition) is 1. The first kappa shape index (κ1) is 20.0. The van der Waals surface area contributed by atoms with Crippen LogP contribution in [0, 0.1) is 0 Å². The molecule has 148 valence electrons. The number of benzene rings is 3. The van der Waals surface area contributed by atoms with Gasteiger partial charge in [0.15, 0.2) is 0 Å². The van der Waals surface area contributed by atoms with Crippen LogP contribution in [0.5, 0.6) is 0 Å². The van der Waals surface area contributed by atoms with E-state index in [4.69, 9.17) is 16.3 Å². The highest BCUT2D eigenvalue weighted by molar-refractivity contribution is 9.10. The van der Waals surface area contributed by atoms with E-state index in [1.54, 1.807) is 0 Å². The molecule has 0 aromatic heterocycles. The lowest BCUT2D eigenvalue weighted by Gasteiger charge is -2.44. The minimum absolute atomic E-state index is 0.121. The van der Waals surface area contributed by atoms with E-state index >= 15 is 0 Å². The fraction of sp³-hybridized carbons (Fsp3) is 0.174. The summed E-state index contributed by atoms with van der Waals surface area (Å²) in [5, 5.41) is 4.27. The lowest BCUT2D eigenvalue weighted by atomic mass is 9.91. The Balaban J connectivity index is 1.88. The molecule has 0 unspecified atom stereocenters. The van der Waals surface area contributed by atoms with Gasteiger partial charge in [-0.2, -0.15) is 0 Å². The zero-order valence-corrected chi connectivity index (χ0v) is 18.2. The molecule has 1 aliphatic heterocycles. The highest BCUT2D eigenvalue weighted by atomic mass is 79.9. The number of carbonyl (C=O) groups is 1. The molecule has 6 heteroatoms. The molecule has 3 aromatic carbocycles. The highest BCUT2D eigenvalue weighted by Crippen LogP contribution is 2.44. The molecule has 0 fully saturated rings. The maximum absolute atomic E-state index is 12.3. The number of methoxy groups -OCH3 is 1. The average Bonchev–Trinajstić information content (AvgIpc) is 2.74. The number of fused-ring (bicyclic) bond motifs is 1. The Hall–Kier alpha value is -2.34. The van der Waals surface area contributed by atoms with Crippen LogP contribution >= 0.6 is 27.5 Å². The number of nitrogens with one attached hydrogen (secondary N) is 1. The molecule has 3 aromatic rings. The number of hydrogen-bond acceptors (Lipinski definition) is 4. The lowest BCUT2D eigenvalue weighted by molar-refractivity contribution is -0.143. The van der Waals surface area contributed by atoms with Crippen LogP contribution in [0.15, 0.2) is 77.3 Å². The Morgan fingerprint density at radius 2 is 1.79 bits per heavy atom. The first-order valence-electron chi connectivity index (χ1n) is 9.26. The summed E-state index contributed by atoms with van der Waals surface area (Å²) in [6, 6.07) is 24.0. The highest BCUT2D eigenvalue weighted by Gasteiger charge is 2.37. The third-order valence-corrected chi connectivity index (χ3v) is 5.85. The molecular formula is C23H20BrClN2O2. The molecule has 1 heterocycles. The standard InChI is InChI=1S/C23H20BrClN2O2/c1-29-21(28)14-27-22(15-5-3-2-4-6-15)19-13-17(24)9-12-20(19)26-23(27)16-7-10-18(25)11-8-16/h2-13,22-23,26H,14H2,1H3/t22-,23-/m0/s1. The van der Waals surface area contributed by atoms with Gasteiger partial charge in [0.2, 0.25) is 0 Å². The molecule has 1 aliphatic rings. The van der Waals surface area contributed by atoms with Crippen LogP contribution in [0.25, 0.3) is 0 Å². The van der Waals surface area contributed by atoms with Crippen molar-refractivity contribution < 1.29 is 9.53 Å². The predicted molar refractivity (Wildman–Crippen MR) is 119 cm³/mol. The topological polar surface area (TPSA) is 41.6 Å². The van der Waals surface area contributed by atoms with Gasteiger partial charge in [-0.3, -0.25) is 9.69 Å². The number of nitrogens with zero attached hydrogens (tertiary/aromatic N) is 1. The molecule has 0 bridgehead atoms. The quantitative estimate of drug-likeness (QED) is 0.489. The van der Waals surface area contributed by atoms with E-state index in [9.17, 15) is 4.79 Å². The summed E-state index contributed by atoms with van der Waals surface area (Å²) >= 11 is 9.69. The van der Waals surface area contributed by atoms with Gasteiger partial charge in [-0.15, -0.1) is 0 Å². The van der Waals surface area contributed by atoms with E-state index in [0.29, 0.717) is 5.02 Å². The van der Waals surface area contributed by atoms with Crippen molar-refractivity contribution in [3.63, 3.8) is 0 Å². The minimum atomic E-state index is -0.287. The molecule has 0 spiro atoms. The zero-order chi connectivity index (χ0) is 20.4. The third-order valence-electron chi connectivity index (χ3n) is 5.10. The summed E-state index contributed by atoms with van der Waals surface area (Å²) < 4.78 is 6.00. The monoisotopic (exact) mass is 470 g/mol. The van der Waals surface area contributed by atoms with Gasteiger partial charge in [0.25, 0.3) is 0 Å². The SMILES string of the molecule is COC(=O)CN1[C@@H](c2ccccc2)c2cc(Br)ccc2N[C@@H]1c1ccc(Cl)cc1. The van der Waals surface area contributed by atoms with Crippen molar-refractivity contribution >= 4 is 39.2 Å². The Labute approximate surface area is 183 Å². The summed E-state index contributed by atoms with van der Waals surface area (Å²) in [5.41, 5.74) is 4.26. The predicted octanol–water partition coefficient (Wildman–Crippen LogP) is 5.79. The summed E-state index contributed by atoms with van der Waals surface area (Å²) in [6.07, 6.45) is -0.217. The minimum Gasteiger partial charge on any atom is -0.468 e. The largest absolute Gasteiger partial charge is 0.468 e. The fourth-order valence-electron chi connectivity index (χ4n) is 3.77. The van der Waals surface area contributed by atoms with Crippen molar-refractivity contribution in [2.75, 3.05) is 19.0 Å². The van der Waals surface area contributed by atoms with Crippen LogP contribution < -0.4 is 5.32 Å². The number of halogens is 2. The molecule has 4 rings (SSSR count). The molecular weight excluding hydrogens is 452 g/mol. The van der Waals surface area contributed by atoms with Gasteiger partial charge in [-0.05, 0) is 47.0 Å². The molecule has 0 saturated carbocycles. The van der Waals surface area contributed by atoms with E-state index in [2.05, 4.69) is 50.4 Å². The average molecular weight is 472 g/mol. The van der Waals surface area contributed by atoms with E-state index in [0.717, 1.165) is 26.9 Å². The molecule has 0 amide bonds. The molecule has 2 atom stereocenters. The Bertz CT molecular complexity index is 1010. The second-order valence-corrected chi connectivity index (χ2v) is 8.24. The van der Waals surface area contributed by atoms with E-state index < -0.39 is 0 Å². The fourth-order valence-corrected chi connectivity index (χ4v) is 4.28. The van der Waals surface area contributed by atoms with Gasteiger partial charge >= 0.3 is 5.97 Å². The van der Waals surface area contributed by atoms with Crippen molar-refractivity contribution in [3.05, 3.63) is 99.0 Å². The first-order valence-corrected chi connectivity index (χ1v) is 10.4. The Kier molecular flexibility index (Phi) is 5.90. The summed E-state index contributed by atoms with van der Waals surface area (Å²) in [6.45, 7) is 0.141. The number of carbonyl (C=O) groups excluding carboxylic acids is 1. The number of rotatable bonds is 4. The molecule has 1 N–H and O–H groups in total. The zero-order valence-electron chi connectivity index (χ0n) is 15.8. The second kappa shape index (κ2) is 8.57. The number of ether oxygens (including phenoxy) is 1. The van der Waals surface area contributed by atoms with Gasteiger partial charge < -0.3 is 10.1 Å². The van der Waals surface area contributed by atoms with Crippen LogP contribution in [0.2, 0.25) is 5.02 Å². The second-order valence-electron chi connectivity index (χ2n) is 6.89. The van der Waals surface area contributed by atoms with Crippen LogP contribution in [0.1, 0.15) is 28.9 Å². The summed E-state index contributed by atoms with van der Waals surface area (Å²) in [5.74, 6) is -0.287. The van der Waals surface area contributed by atoms with Crippen molar-refractivity contribution in [2.45, 2.75) is 12.2 Å². The van der Waals surface area contributed by atoms with Crippen LogP contribution in [-0.4, -0.2) is 24.5 Å². The van der Waals surface area contributed by atoms with Crippen molar-refractivity contribution in [1.82, 2.24) is 4.90 Å². The molecule has 0 aliphatic carbocycles. The van der Waals surface area contributed by atoms with Gasteiger partial charge in [-0.1, -0.05) is 70.0 Å². The van der Waals surface area contributed by atoms with Crippen LogP contribution in [0.3, 0.4) is 0 Å². The van der Waals surface area contributed by atoms with E-state index in [-0.39, 0.29) is 24.7 Å². The van der Waals surface area contributed by atoms with Gasteiger partial charge in [0, 0.05) is 15.2 Å². The van der Waals surface area contributed by atoms with Crippen molar-refractivity contribution in [1.29, 1.82) is 0 Å². The van der Waals surface area contributed by atoms with Gasteiger partial charge in [0.1, 0.15) is 6.17 Å². The van der Waals surface area contributed by atoms with Crippen molar-refractivity contribution in [3.8, 4) is 0 Å². The lowest BCUT2D eigenvalue weighted by Crippen LogP contribution is -2.44. The van der Waals surface area contributed by atoms with Crippen molar-refractivity contribution in [2.24, 2.45) is 0 Å². The Morgan fingerprint density at radius 3 is 2.48 bits per heavy atom. The smallest absolute Gasteiger partial charge is 0.319 e. The molecule has 0 radical (unpaired) electrons. The van der Waals surface area contributed by atoms with Crippen LogP contribution in [-0.2, 0) is 9.53 Å².